The lowest BCUT2D eigenvalue weighted by Gasteiger charge is -2.25. The molecular weight excluding hydrogens is 260 g/mol. The highest BCUT2D eigenvalue weighted by atomic mass is 32.2. The number of hydrogen-bond donors (Lipinski definition) is 1. The summed E-state index contributed by atoms with van der Waals surface area (Å²) in [5.74, 6) is 0. The Balaban J connectivity index is 2.45. The van der Waals surface area contributed by atoms with E-state index in [2.05, 4.69) is 5.32 Å². The number of nitrogens with zero attached hydrogens (tertiary/aromatic N) is 1. The van der Waals surface area contributed by atoms with Crippen LogP contribution in [0.3, 0.4) is 0 Å². The number of anilines is 1. The zero-order valence-electron chi connectivity index (χ0n) is 11.6. The Morgan fingerprint density at radius 3 is 2.79 bits per heavy atom. The largest absolute Gasteiger partial charge is 0.385 e. The summed E-state index contributed by atoms with van der Waals surface area (Å²) in [4.78, 5) is 0.479. The van der Waals surface area contributed by atoms with E-state index in [4.69, 9.17) is 0 Å². The molecular formula is C14H22N2O2S. The standard InChI is InChI=1S/C14H22N2O2S/c1-3-11-16(4-2)19(17,18)14-9-5-8-13-12(14)7-6-10-15-13/h5,8-9,15H,3-4,6-7,10-11H2,1-2H3. The first kappa shape index (κ1) is 14.3. The summed E-state index contributed by atoms with van der Waals surface area (Å²) < 4.78 is 27.0. The second kappa shape index (κ2) is 5.92. The lowest BCUT2D eigenvalue weighted by atomic mass is 10.0. The minimum absolute atomic E-state index is 0.479. The summed E-state index contributed by atoms with van der Waals surface area (Å²) in [6, 6.07) is 5.52. The highest BCUT2D eigenvalue weighted by Crippen LogP contribution is 2.30. The van der Waals surface area contributed by atoms with Crippen LogP contribution in [0.2, 0.25) is 0 Å². The first-order valence-corrected chi connectivity index (χ1v) is 8.41. The van der Waals surface area contributed by atoms with E-state index in [1.807, 2.05) is 26.0 Å². The van der Waals surface area contributed by atoms with Crippen LogP contribution in [-0.4, -0.2) is 32.4 Å². The van der Waals surface area contributed by atoms with Gasteiger partial charge in [0.25, 0.3) is 0 Å². The van der Waals surface area contributed by atoms with E-state index >= 15 is 0 Å². The Bertz CT molecular complexity index is 540. The first-order chi connectivity index (χ1) is 9.11. The average Bonchev–Trinajstić information content (AvgIpc) is 2.43. The predicted molar refractivity (Wildman–Crippen MR) is 78.0 cm³/mol. The molecule has 1 aliphatic heterocycles. The van der Waals surface area contributed by atoms with Gasteiger partial charge in [0.2, 0.25) is 10.0 Å². The summed E-state index contributed by atoms with van der Waals surface area (Å²) in [6.45, 7) is 5.91. The minimum atomic E-state index is -3.36. The second-order valence-corrected chi connectivity index (χ2v) is 6.72. The van der Waals surface area contributed by atoms with Crippen LogP contribution in [0.1, 0.15) is 32.3 Å². The molecule has 19 heavy (non-hydrogen) atoms. The van der Waals surface area contributed by atoms with Crippen molar-refractivity contribution >= 4 is 15.7 Å². The Labute approximate surface area is 115 Å². The molecule has 4 nitrogen and oxygen atoms in total. The van der Waals surface area contributed by atoms with Gasteiger partial charge in [-0.15, -0.1) is 0 Å². The van der Waals surface area contributed by atoms with Gasteiger partial charge in [0.15, 0.2) is 0 Å². The van der Waals surface area contributed by atoms with Gasteiger partial charge in [-0.25, -0.2) is 8.42 Å². The SMILES string of the molecule is CCCN(CC)S(=O)(=O)c1cccc2c1CCCN2. The molecule has 1 N–H and O–H groups in total. The van der Waals surface area contributed by atoms with Gasteiger partial charge in [-0.05, 0) is 37.0 Å². The van der Waals surface area contributed by atoms with Gasteiger partial charge in [-0.1, -0.05) is 19.9 Å². The van der Waals surface area contributed by atoms with Crippen LogP contribution in [0.15, 0.2) is 23.1 Å². The van der Waals surface area contributed by atoms with Crippen molar-refractivity contribution in [3.63, 3.8) is 0 Å². The van der Waals surface area contributed by atoms with E-state index in [1.165, 1.54) is 0 Å². The van der Waals surface area contributed by atoms with E-state index in [1.54, 1.807) is 10.4 Å². The smallest absolute Gasteiger partial charge is 0.243 e. The number of hydrogen-bond acceptors (Lipinski definition) is 3. The molecule has 2 rings (SSSR count). The Morgan fingerprint density at radius 2 is 2.11 bits per heavy atom. The third-order valence-electron chi connectivity index (χ3n) is 3.50. The van der Waals surface area contributed by atoms with Gasteiger partial charge < -0.3 is 5.32 Å². The summed E-state index contributed by atoms with van der Waals surface area (Å²) in [6.07, 6.45) is 2.65. The van der Waals surface area contributed by atoms with Crippen molar-refractivity contribution in [1.82, 2.24) is 4.31 Å². The number of benzene rings is 1. The van der Waals surface area contributed by atoms with Crippen molar-refractivity contribution in [3.8, 4) is 0 Å². The van der Waals surface area contributed by atoms with Crippen molar-refractivity contribution in [2.75, 3.05) is 25.0 Å². The Kier molecular flexibility index (Phi) is 4.47. The van der Waals surface area contributed by atoms with Crippen LogP contribution in [0.4, 0.5) is 5.69 Å². The maximum atomic E-state index is 12.7. The molecule has 0 aromatic heterocycles. The second-order valence-electron chi connectivity index (χ2n) is 4.81. The maximum Gasteiger partial charge on any atom is 0.243 e. The van der Waals surface area contributed by atoms with Gasteiger partial charge in [-0.3, -0.25) is 0 Å². The lowest BCUT2D eigenvalue weighted by Crippen LogP contribution is -2.32. The van der Waals surface area contributed by atoms with Crippen molar-refractivity contribution in [2.45, 2.75) is 38.0 Å². The molecule has 1 heterocycles. The molecule has 1 aromatic carbocycles. The molecule has 0 atom stereocenters. The molecule has 0 fully saturated rings. The highest BCUT2D eigenvalue weighted by molar-refractivity contribution is 7.89. The molecule has 0 unspecified atom stereocenters. The van der Waals surface area contributed by atoms with Gasteiger partial charge in [0.05, 0.1) is 4.90 Å². The normalized spacial score (nSPS) is 15.1. The van der Waals surface area contributed by atoms with Crippen LogP contribution < -0.4 is 5.32 Å². The van der Waals surface area contributed by atoms with Crippen LogP contribution in [0, 0.1) is 0 Å². The predicted octanol–water partition coefficient (Wildman–Crippen LogP) is 2.47. The maximum absolute atomic E-state index is 12.7. The van der Waals surface area contributed by atoms with Crippen molar-refractivity contribution in [1.29, 1.82) is 0 Å². The summed E-state index contributed by atoms with van der Waals surface area (Å²) >= 11 is 0. The summed E-state index contributed by atoms with van der Waals surface area (Å²) in [7, 11) is -3.36. The van der Waals surface area contributed by atoms with Gasteiger partial charge in [0.1, 0.15) is 0 Å². The van der Waals surface area contributed by atoms with E-state index in [0.29, 0.717) is 18.0 Å². The Morgan fingerprint density at radius 1 is 1.32 bits per heavy atom. The van der Waals surface area contributed by atoms with Crippen LogP contribution in [0.25, 0.3) is 0 Å². The molecule has 0 bridgehead atoms. The fourth-order valence-corrected chi connectivity index (χ4v) is 4.37. The fraction of sp³-hybridized carbons (Fsp3) is 0.571. The van der Waals surface area contributed by atoms with Gasteiger partial charge in [0, 0.05) is 25.3 Å². The van der Waals surface area contributed by atoms with Crippen LogP contribution >= 0.6 is 0 Å². The van der Waals surface area contributed by atoms with Gasteiger partial charge in [-0.2, -0.15) is 4.31 Å². The number of fused-ring (bicyclic) bond motifs is 1. The van der Waals surface area contributed by atoms with Crippen molar-refractivity contribution < 1.29 is 8.42 Å². The van der Waals surface area contributed by atoms with Crippen molar-refractivity contribution in [2.24, 2.45) is 0 Å². The molecule has 0 spiro atoms. The van der Waals surface area contributed by atoms with E-state index in [-0.39, 0.29) is 0 Å². The topological polar surface area (TPSA) is 49.4 Å². The molecule has 0 saturated heterocycles. The average molecular weight is 282 g/mol. The molecule has 0 radical (unpaired) electrons. The molecule has 106 valence electrons. The molecule has 0 aliphatic carbocycles. The highest BCUT2D eigenvalue weighted by Gasteiger charge is 2.27. The monoisotopic (exact) mass is 282 g/mol. The zero-order chi connectivity index (χ0) is 13.9. The number of nitrogens with one attached hydrogen (secondary N) is 1. The van der Waals surface area contributed by atoms with E-state index in [9.17, 15) is 8.42 Å². The zero-order valence-corrected chi connectivity index (χ0v) is 12.5. The number of rotatable bonds is 5. The lowest BCUT2D eigenvalue weighted by molar-refractivity contribution is 0.426. The van der Waals surface area contributed by atoms with E-state index < -0.39 is 10.0 Å². The fourth-order valence-electron chi connectivity index (χ4n) is 2.56. The van der Waals surface area contributed by atoms with Gasteiger partial charge >= 0.3 is 0 Å². The summed E-state index contributed by atoms with van der Waals surface area (Å²) in [5.41, 5.74) is 1.92. The Hall–Kier alpha value is -1.07. The van der Waals surface area contributed by atoms with Crippen LogP contribution in [0.5, 0.6) is 0 Å². The quantitative estimate of drug-likeness (QED) is 0.902. The molecule has 0 amide bonds. The molecule has 1 aliphatic rings. The summed E-state index contributed by atoms with van der Waals surface area (Å²) in [5, 5.41) is 3.28. The van der Waals surface area contributed by atoms with Crippen molar-refractivity contribution in [3.05, 3.63) is 23.8 Å². The first-order valence-electron chi connectivity index (χ1n) is 6.97. The van der Waals surface area contributed by atoms with E-state index in [0.717, 1.165) is 37.1 Å². The molecule has 5 heteroatoms. The number of sulfonamides is 1. The molecule has 0 saturated carbocycles. The third-order valence-corrected chi connectivity index (χ3v) is 5.55. The third kappa shape index (κ3) is 2.77. The minimum Gasteiger partial charge on any atom is -0.385 e. The van der Waals surface area contributed by atoms with Crippen LogP contribution in [-0.2, 0) is 16.4 Å². The molecule has 1 aromatic rings.